The van der Waals surface area contributed by atoms with Crippen LogP contribution in [0.15, 0.2) is 45.1 Å². The van der Waals surface area contributed by atoms with E-state index in [0.717, 1.165) is 0 Å². The minimum Gasteiger partial charge on any atom is -0.496 e. The lowest BCUT2D eigenvalue weighted by molar-refractivity contribution is -0.172. The lowest BCUT2D eigenvalue weighted by Gasteiger charge is -2.33. The fourth-order valence-corrected chi connectivity index (χ4v) is 2.61. The van der Waals surface area contributed by atoms with Crippen LogP contribution in [0.5, 0.6) is 5.75 Å². The van der Waals surface area contributed by atoms with E-state index in [2.05, 4.69) is 0 Å². The summed E-state index contributed by atoms with van der Waals surface area (Å²) in [7, 11) is 1.40. The summed E-state index contributed by atoms with van der Waals surface area (Å²) in [5.74, 6) is -0.410. The number of hydrogen-bond donors (Lipinski definition) is 2. The topological polar surface area (TPSA) is 106 Å². The summed E-state index contributed by atoms with van der Waals surface area (Å²) in [6.45, 7) is 6.14. The summed E-state index contributed by atoms with van der Waals surface area (Å²) in [5.41, 5.74) is -1.12. The maximum Gasteiger partial charge on any atom is 0.336 e. The normalized spacial score (nSPS) is 14.7. The lowest BCUT2D eigenvalue weighted by Crippen LogP contribution is -2.44. The molecule has 0 saturated carbocycles. The van der Waals surface area contributed by atoms with Crippen molar-refractivity contribution in [2.75, 3.05) is 7.11 Å². The number of ether oxygens (including phenoxy) is 2. The molecule has 1 aromatic heterocycles. The third kappa shape index (κ3) is 4.56. The van der Waals surface area contributed by atoms with Gasteiger partial charge in [-0.15, -0.1) is 0 Å². The number of carbonyl (C=O) groups excluding carboxylic acids is 1. The highest BCUT2D eigenvalue weighted by atomic mass is 16.6. The largest absolute Gasteiger partial charge is 0.496 e. The monoisotopic (exact) mass is 376 g/mol. The van der Waals surface area contributed by atoms with Gasteiger partial charge in [-0.3, -0.25) is 0 Å². The van der Waals surface area contributed by atoms with Crippen LogP contribution in [-0.2, 0) is 9.53 Å². The van der Waals surface area contributed by atoms with Crippen molar-refractivity contribution in [1.29, 1.82) is 0 Å². The van der Waals surface area contributed by atoms with Gasteiger partial charge in [-0.1, -0.05) is 6.08 Å². The SMILES string of the molecule is C/C=C(\C)C(=O)OC(C(O)c1cc2ccc(=O)oc2cc1OC)C(C)(C)O. The molecule has 0 fully saturated rings. The molecule has 1 heterocycles. The Morgan fingerprint density at radius 3 is 2.52 bits per heavy atom. The number of benzene rings is 1. The zero-order valence-corrected chi connectivity index (χ0v) is 16.0. The molecule has 2 unspecified atom stereocenters. The molecule has 0 aliphatic rings. The van der Waals surface area contributed by atoms with Crippen LogP contribution in [0.3, 0.4) is 0 Å². The van der Waals surface area contributed by atoms with E-state index in [1.165, 1.54) is 33.1 Å². The van der Waals surface area contributed by atoms with Gasteiger partial charge in [-0.05, 0) is 39.8 Å². The minimum absolute atomic E-state index is 0.234. The molecular formula is C20H24O7. The van der Waals surface area contributed by atoms with Crippen molar-refractivity contribution in [2.45, 2.75) is 45.5 Å². The number of rotatable bonds is 6. The van der Waals surface area contributed by atoms with E-state index < -0.39 is 29.4 Å². The quantitative estimate of drug-likeness (QED) is 0.453. The van der Waals surface area contributed by atoms with Crippen molar-refractivity contribution in [1.82, 2.24) is 0 Å². The Kier molecular flexibility index (Phi) is 6.08. The molecule has 2 rings (SSSR count). The highest BCUT2D eigenvalue weighted by Crippen LogP contribution is 2.35. The van der Waals surface area contributed by atoms with E-state index in [0.29, 0.717) is 11.0 Å². The molecule has 0 aliphatic carbocycles. The number of aliphatic hydroxyl groups is 2. The van der Waals surface area contributed by atoms with Gasteiger partial charge in [0.15, 0.2) is 6.10 Å². The van der Waals surface area contributed by atoms with E-state index in [4.69, 9.17) is 13.9 Å². The van der Waals surface area contributed by atoms with Crippen molar-refractivity contribution >= 4 is 16.9 Å². The molecular weight excluding hydrogens is 352 g/mol. The number of aliphatic hydroxyl groups excluding tert-OH is 1. The fraction of sp³-hybridized carbons (Fsp3) is 0.400. The summed E-state index contributed by atoms with van der Waals surface area (Å²) >= 11 is 0. The summed E-state index contributed by atoms with van der Waals surface area (Å²) in [5, 5.41) is 21.9. The van der Waals surface area contributed by atoms with Gasteiger partial charge in [0.2, 0.25) is 0 Å². The zero-order valence-electron chi connectivity index (χ0n) is 16.0. The Bertz CT molecular complexity index is 918. The third-order valence-corrected chi connectivity index (χ3v) is 4.26. The van der Waals surface area contributed by atoms with Crippen LogP contribution in [0.4, 0.5) is 0 Å². The van der Waals surface area contributed by atoms with Crippen LogP contribution in [-0.4, -0.2) is 35.0 Å². The van der Waals surface area contributed by atoms with Crippen molar-refractivity contribution in [2.24, 2.45) is 0 Å². The van der Waals surface area contributed by atoms with E-state index in [9.17, 15) is 19.8 Å². The Labute approximate surface area is 156 Å². The minimum atomic E-state index is -1.54. The van der Waals surface area contributed by atoms with Crippen LogP contribution in [0.25, 0.3) is 11.0 Å². The van der Waals surface area contributed by atoms with Crippen molar-refractivity contribution in [3.8, 4) is 5.75 Å². The summed E-state index contributed by atoms with van der Waals surface area (Å²) in [4.78, 5) is 23.6. The van der Waals surface area contributed by atoms with Gasteiger partial charge in [0, 0.05) is 28.7 Å². The molecule has 0 saturated heterocycles. The molecule has 7 nitrogen and oxygen atoms in total. The van der Waals surface area contributed by atoms with E-state index in [1.807, 2.05) is 0 Å². The predicted octanol–water partition coefficient (Wildman–Crippen LogP) is 2.48. The fourth-order valence-electron chi connectivity index (χ4n) is 2.61. The molecule has 0 bridgehead atoms. The van der Waals surface area contributed by atoms with Gasteiger partial charge >= 0.3 is 11.6 Å². The van der Waals surface area contributed by atoms with Crippen molar-refractivity contribution in [3.05, 3.63) is 51.9 Å². The Morgan fingerprint density at radius 1 is 1.30 bits per heavy atom. The zero-order chi connectivity index (χ0) is 20.4. The summed E-state index contributed by atoms with van der Waals surface area (Å²) in [6, 6.07) is 5.84. The van der Waals surface area contributed by atoms with Crippen LogP contribution in [0, 0.1) is 0 Å². The third-order valence-electron chi connectivity index (χ3n) is 4.26. The summed E-state index contributed by atoms with van der Waals surface area (Å²) in [6.07, 6.45) is -1.07. The number of carbonyl (C=O) groups is 1. The average molecular weight is 376 g/mol. The van der Waals surface area contributed by atoms with Gasteiger partial charge in [0.1, 0.15) is 17.4 Å². The Hall–Kier alpha value is -2.64. The van der Waals surface area contributed by atoms with Crippen LogP contribution in [0.1, 0.15) is 39.4 Å². The molecule has 0 aliphatic heterocycles. The van der Waals surface area contributed by atoms with Gasteiger partial charge in [0.05, 0.1) is 12.7 Å². The highest BCUT2D eigenvalue weighted by molar-refractivity contribution is 5.88. The first-order valence-corrected chi connectivity index (χ1v) is 8.44. The molecule has 0 radical (unpaired) electrons. The van der Waals surface area contributed by atoms with E-state index in [-0.39, 0.29) is 16.9 Å². The molecule has 0 spiro atoms. The molecule has 7 heteroatoms. The maximum absolute atomic E-state index is 12.2. The molecule has 0 amide bonds. The molecule has 2 atom stereocenters. The van der Waals surface area contributed by atoms with Crippen LogP contribution >= 0.6 is 0 Å². The molecule has 1 aromatic carbocycles. The molecule has 2 aromatic rings. The number of hydrogen-bond acceptors (Lipinski definition) is 7. The van der Waals surface area contributed by atoms with Gasteiger partial charge in [-0.25, -0.2) is 9.59 Å². The molecule has 27 heavy (non-hydrogen) atoms. The van der Waals surface area contributed by atoms with Gasteiger partial charge in [0.25, 0.3) is 0 Å². The van der Waals surface area contributed by atoms with Crippen molar-refractivity contribution < 1.29 is 28.9 Å². The first kappa shape index (κ1) is 20.7. The number of allylic oxidation sites excluding steroid dienone is 1. The van der Waals surface area contributed by atoms with Gasteiger partial charge in [-0.2, -0.15) is 0 Å². The standard InChI is InChI=1S/C20H24O7/c1-6-11(2)19(23)27-18(20(3,4)24)17(22)13-9-12-7-8-16(21)26-14(12)10-15(13)25-5/h6-10,17-18,22,24H,1-5H3/b11-6+. The van der Waals surface area contributed by atoms with Gasteiger partial charge < -0.3 is 24.1 Å². The van der Waals surface area contributed by atoms with E-state index >= 15 is 0 Å². The first-order valence-electron chi connectivity index (χ1n) is 8.44. The number of methoxy groups -OCH3 is 1. The lowest BCUT2D eigenvalue weighted by atomic mass is 9.91. The van der Waals surface area contributed by atoms with Crippen LogP contribution in [0.2, 0.25) is 0 Å². The Morgan fingerprint density at radius 2 is 1.96 bits per heavy atom. The van der Waals surface area contributed by atoms with Crippen molar-refractivity contribution in [3.63, 3.8) is 0 Å². The summed E-state index contributed by atoms with van der Waals surface area (Å²) < 4.78 is 15.8. The van der Waals surface area contributed by atoms with Crippen LogP contribution < -0.4 is 10.4 Å². The predicted molar refractivity (Wildman–Crippen MR) is 99.6 cm³/mol. The maximum atomic E-state index is 12.2. The second-order valence-corrected chi connectivity index (χ2v) is 6.78. The molecule has 2 N–H and O–H groups in total. The smallest absolute Gasteiger partial charge is 0.336 e. The van der Waals surface area contributed by atoms with E-state index in [1.54, 1.807) is 32.1 Å². The molecule has 146 valence electrons. The first-order chi connectivity index (χ1) is 12.6. The highest BCUT2D eigenvalue weighted by Gasteiger charge is 2.39. The number of esters is 1. The average Bonchev–Trinajstić information content (AvgIpc) is 2.62. The number of fused-ring (bicyclic) bond motifs is 1. The second kappa shape index (κ2) is 7.94. The second-order valence-electron chi connectivity index (χ2n) is 6.78. The Balaban J connectivity index is 2.53.